The lowest BCUT2D eigenvalue weighted by atomic mass is 9.96. The molecule has 428 valence electrons. The summed E-state index contributed by atoms with van der Waals surface area (Å²) in [6.45, 7) is 15.6. The highest BCUT2D eigenvalue weighted by atomic mass is 16.5. The molecule has 19 nitrogen and oxygen atoms in total. The Morgan fingerprint density at radius 2 is 1.17 bits per heavy atom. The van der Waals surface area contributed by atoms with Crippen molar-refractivity contribution in [2.45, 2.75) is 50.1 Å². The monoisotopic (exact) mass is 1120 g/mol. The van der Waals surface area contributed by atoms with Crippen molar-refractivity contribution in [1.82, 2.24) is 38.9 Å². The Kier molecular flexibility index (Phi) is 15.8. The maximum Gasteiger partial charge on any atom is 0.247 e. The number of likely N-dealkylation sites (tertiary alicyclic amines) is 1. The van der Waals surface area contributed by atoms with Crippen molar-refractivity contribution in [3.8, 4) is 34.0 Å². The molecular formula is C64H72N14O5. The minimum Gasteiger partial charge on any atom is -0.494 e. The van der Waals surface area contributed by atoms with Crippen LogP contribution in [0.4, 0.5) is 46.0 Å². The average Bonchev–Trinajstić information content (AvgIpc) is 3.83. The molecule has 4 aromatic heterocycles. The second-order valence-electron chi connectivity index (χ2n) is 22.0. The molecule has 83 heavy (non-hydrogen) atoms. The summed E-state index contributed by atoms with van der Waals surface area (Å²) >= 11 is 0. The van der Waals surface area contributed by atoms with E-state index in [1.807, 2.05) is 50.5 Å². The van der Waals surface area contributed by atoms with Crippen molar-refractivity contribution in [3.05, 3.63) is 135 Å². The van der Waals surface area contributed by atoms with E-state index in [4.69, 9.17) is 24.2 Å². The Morgan fingerprint density at radius 3 is 1.71 bits per heavy atom. The van der Waals surface area contributed by atoms with Crippen LogP contribution in [0, 0.1) is 0 Å². The van der Waals surface area contributed by atoms with E-state index in [0.717, 1.165) is 123 Å². The van der Waals surface area contributed by atoms with Gasteiger partial charge >= 0.3 is 0 Å². The van der Waals surface area contributed by atoms with Gasteiger partial charge in [0, 0.05) is 142 Å². The summed E-state index contributed by atoms with van der Waals surface area (Å²) in [5.41, 5.74) is 11.5. The molecule has 4 N–H and O–H groups in total. The number of hydrogen-bond acceptors (Lipinski definition) is 15. The summed E-state index contributed by atoms with van der Waals surface area (Å²) in [4.78, 5) is 54.3. The molecule has 2 saturated heterocycles. The van der Waals surface area contributed by atoms with Crippen molar-refractivity contribution in [2.24, 2.45) is 0 Å². The first-order valence-electron chi connectivity index (χ1n) is 28.7. The van der Waals surface area contributed by atoms with Gasteiger partial charge in [0.1, 0.15) is 11.5 Å². The first-order chi connectivity index (χ1) is 40.5. The summed E-state index contributed by atoms with van der Waals surface area (Å²) in [7, 11) is 7.33. The van der Waals surface area contributed by atoms with Crippen LogP contribution in [0.25, 0.3) is 44.3 Å². The lowest BCUT2D eigenvalue weighted by molar-refractivity contribution is -0.112. The van der Waals surface area contributed by atoms with Gasteiger partial charge in [0.2, 0.25) is 23.7 Å². The number of amides is 2. The predicted octanol–water partition coefficient (Wildman–Crippen LogP) is 10.6. The molecule has 8 aromatic rings. The van der Waals surface area contributed by atoms with Gasteiger partial charge in [-0.15, -0.1) is 0 Å². The van der Waals surface area contributed by atoms with Crippen LogP contribution in [0.1, 0.15) is 55.7 Å². The van der Waals surface area contributed by atoms with E-state index < -0.39 is 0 Å². The van der Waals surface area contributed by atoms with Crippen LogP contribution in [0.3, 0.4) is 0 Å². The molecule has 19 heteroatoms. The summed E-state index contributed by atoms with van der Waals surface area (Å²) < 4.78 is 22.3. The van der Waals surface area contributed by atoms with Gasteiger partial charge in [-0.05, 0) is 105 Å². The predicted molar refractivity (Wildman–Crippen MR) is 330 cm³/mol. The Hall–Kier alpha value is -8.78. The van der Waals surface area contributed by atoms with Gasteiger partial charge in [-0.2, -0.15) is 0 Å². The maximum absolute atomic E-state index is 13.0. The number of fused-ring (bicyclic) bond motifs is 2. The van der Waals surface area contributed by atoms with Gasteiger partial charge in [0.15, 0.2) is 0 Å². The molecule has 4 aliphatic rings. The molecule has 12 rings (SSSR count). The SMILES string of the molecule is C=CC(=O)Nc1cc(Nc2nccc(-c3cn(C4CC4)c4ccc(C5CCN(CCN(C)c6cc(OC)c(Nc7nccc(-c8cn(C9CC9)c9ccccc89)n7)cc6NC(=O)C=C)C5)cc34)n2)c(OC)cc1N(C)CCN1CCOCC1. The maximum atomic E-state index is 13.0. The normalized spacial score (nSPS) is 16.4. The molecule has 2 aliphatic carbocycles. The fraction of sp³-hybridized carbons (Fsp3) is 0.344. The Balaban J connectivity index is 0.745. The summed E-state index contributed by atoms with van der Waals surface area (Å²) in [5, 5.41) is 15.2. The number of nitrogens with one attached hydrogen (secondary N) is 4. The second kappa shape index (κ2) is 24.0. The molecule has 2 amide bonds. The summed E-state index contributed by atoms with van der Waals surface area (Å²) in [5.74, 6) is 1.67. The number of hydrogen-bond donors (Lipinski definition) is 4. The molecule has 2 aliphatic heterocycles. The quantitative estimate of drug-likeness (QED) is 0.0443. The van der Waals surface area contributed by atoms with Gasteiger partial charge < -0.3 is 59.3 Å². The van der Waals surface area contributed by atoms with E-state index in [0.29, 0.717) is 70.7 Å². The van der Waals surface area contributed by atoms with Crippen LogP contribution in [0.5, 0.6) is 11.5 Å². The van der Waals surface area contributed by atoms with Crippen molar-refractivity contribution in [2.75, 3.05) is 125 Å². The number of anilines is 8. The van der Waals surface area contributed by atoms with Crippen molar-refractivity contribution in [1.29, 1.82) is 0 Å². The molecule has 1 atom stereocenters. The molecule has 4 aromatic carbocycles. The average molecular weight is 1120 g/mol. The Bertz CT molecular complexity index is 3730. The fourth-order valence-electron chi connectivity index (χ4n) is 11.7. The van der Waals surface area contributed by atoms with Crippen LogP contribution in [0.15, 0.2) is 129 Å². The molecule has 0 radical (unpaired) electrons. The second-order valence-corrected chi connectivity index (χ2v) is 22.0. The zero-order chi connectivity index (χ0) is 57.1. The minimum atomic E-state index is -0.320. The molecule has 4 fully saturated rings. The van der Waals surface area contributed by atoms with Crippen molar-refractivity contribution < 1.29 is 23.8 Å². The number of methoxy groups -OCH3 is 2. The van der Waals surface area contributed by atoms with Gasteiger partial charge in [-0.1, -0.05) is 37.4 Å². The van der Waals surface area contributed by atoms with Crippen LogP contribution >= 0.6 is 0 Å². The van der Waals surface area contributed by atoms with Crippen molar-refractivity contribution >= 4 is 79.6 Å². The van der Waals surface area contributed by atoms with E-state index in [9.17, 15) is 9.59 Å². The van der Waals surface area contributed by atoms with E-state index in [1.54, 1.807) is 26.6 Å². The van der Waals surface area contributed by atoms with Crippen LogP contribution < -0.4 is 40.5 Å². The number of benzene rings is 4. The number of para-hydroxylation sites is 1. The lowest BCUT2D eigenvalue weighted by Gasteiger charge is -2.30. The van der Waals surface area contributed by atoms with Gasteiger partial charge in [0.25, 0.3) is 0 Å². The first-order valence-corrected chi connectivity index (χ1v) is 28.7. The zero-order valence-corrected chi connectivity index (χ0v) is 47.7. The number of ether oxygens (including phenoxy) is 3. The van der Waals surface area contributed by atoms with Crippen LogP contribution in [-0.4, -0.2) is 145 Å². The van der Waals surface area contributed by atoms with Gasteiger partial charge in [0.05, 0.1) is 72.9 Å². The number of rotatable bonds is 23. The number of likely N-dealkylation sites (N-methyl/N-ethyl adjacent to an activating group) is 2. The van der Waals surface area contributed by atoms with E-state index in [-0.39, 0.29) is 11.8 Å². The molecule has 0 bridgehead atoms. The largest absolute Gasteiger partial charge is 0.494 e. The number of nitrogens with zero attached hydrogens (tertiary/aromatic N) is 10. The van der Waals surface area contributed by atoms with Gasteiger partial charge in [-0.25, -0.2) is 19.9 Å². The topological polar surface area (TPSA) is 184 Å². The lowest BCUT2D eigenvalue weighted by Crippen LogP contribution is -2.40. The third kappa shape index (κ3) is 12.0. The van der Waals surface area contributed by atoms with Gasteiger partial charge in [-0.3, -0.25) is 14.5 Å². The zero-order valence-electron chi connectivity index (χ0n) is 47.7. The number of morpholine rings is 1. The highest BCUT2D eigenvalue weighted by Gasteiger charge is 2.30. The molecule has 0 spiro atoms. The third-order valence-electron chi connectivity index (χ3n) is 16.5. The Labute approximate surface area is 484 Å². The summed E-state index contributed by atoms with van der Waals surface area (Å²) in [6.07, 6.45) is 16.2. The molecular weight excluding hydrogens is 1040 g/mol. The summed E-state index contributed by atoms with van der Waals surface area (Å²) in [6, 6.07) is 27.9. The van der Waals surface area contributed by atoms with E-state index in [2.05, 4.69) is 128 Å². The fourth-order valence-corrected chi connectivity index (χ4v) is 11.7. The van der Waals surface area contributed by atoms with E-state index in [1.165, 1.54) is 41.6 Å². The number of aromatic nitrogens is 6. The number of carbonyl (C=O) groups excluding carboxylic acids is 2. The molecule has 1 unspecified atom stereocenters. The smallest absolute Gasteiger partial charge is 0.247 e. The van der Waals surface area contributed by atoms with Crippen LogP contribution in [-0.2, 0) is 14.3 Å². The van der Waals surface area contributed by atoms with Crippen LogP contribution in [0.2, 0.25) is 0 Å². The number of carbonyl (C=O) groups is 2. The Morgan fingerprint density at radius 1 is 0.639 bits per heavy atom. The highest BCUT2D eigenvalue weighted by Crippen LogP contribution is 2.45. The minimum absolute atomic E-state index is 0.315. The van der Waals surface area contributed by atoms with Crippen molar-refractivity contribution in [3.63, 3.8) is 0 Å². The highest BCUT2D eigenvalue weighted by molar-refractivity contribution is 6.03. The molecule has 6 heterocycles. The third-order valence-corrected chi connectivity index (χ3v) is 16.5. The molecule has 2 saturated carbocycles. The first kappa shape index (κ1) is 54.8. The standard InChI is InChI=1S/C64H72N14O5/c1-7-61(79)67-51-34-54(59(81-5)36-57(51)73(3)25-27-75-29-31-83-32-30-75)72-64-66-23-20-50(70-64)48-40-78(44-16-17-44)56-18-13-41(33-46(48)56)42-21-24-76(38-42)28-26-74(4)58-37-60(82-6)53(35-52(58)68-62(80)8-2)71-63-65-22-19-49(69-63)47-39-77(43-14-15-43)55-12-10-9-11-45(47)55/h7-13,18-20,22-23,33-37,39-40,42-44H,1-2,14-17,21,24-32,38H2,3-6H3,(H,67,79)(H,68,80)(H,65,69,71)(H,66,70,72). The van der Waals surface area contributed by atoms with E-state index >= 15 is 0 Å².